The van der Waals surface area contributed by atoms with Crippen molar-refractivity contribution in [1.82, 2.24) is 15.1 Å². The van der Waals surface area contributed by atoms with Crippen LogP contribution < -0.4 is 14.8 Å². The second kappa shape index (κ2) is 11.1. The van der Waals surface area contributed by atoms with E-state index in [9.17, 15) is 9.90 Å². The fourth-order valence-corrected chi connectivity index (χ4v) is 3.88. The molecule has 0 spiro atoms. The van der Waals surface area contributed by atoms with Crippen molar-refractivity contribution in [2.45, 2.75) is 12.5 Å². The highest BCUT2D eigenvalue weighted by molar-refractivity contribution is 6.30. The van der Waals surface area contributed by atoms with Gasteiger partial charge in [-0.25, -0.2) is 4.68 Å². The van der Waals surface area contributed by atoms with E-state index in [0.29, 0.717) is 27.8 Å². The Morgan fingerprint density at radius 2 is 1.80 bits per heavy atom. The van der Waals surface area contributed by atoms with E-state index in [1.807, 2.05) is 48.7 Å². The van der Waals surface area contributed by atoms with Gasteiger partial charge in [0.25, 0.3) is 0 Å². The number of ether oxygens (including phenoxy) is 2. The van der Waals surface area contributed by atoms with Crippen molar-refractivity contribution in [1.29, 1.82) is 0 Å². The molecule has 1 atom stereocenters. The van der Waals surface area contributed by atoms with Crippen molar-refractivity contribution >= 4 is 17.5 Å². The predicted octanol–water partition coefficient (Wildman–Crippen LogP) is 4.60. The topological polar surface area (TPSA) is 85.6 Å². The van der Waals surface area contributed by atoms with Gasteiger partial charge in [0.2, 0.25) is 5.91 Å². The molecule has 4 aromatic rings. The summed E-state index contributed by atoms with van der Waals surface area (Å²) < 4.78 is 12.3. The van der Waals surface area contributed by atoms with Gasteiger partial charge in [-0.1, -0.05) is 41.9 Å². The largest absolute Gasteiger partial charge is 0.497 e. The van der Waals surface area contributed by atoms with Gasteiger partial charge in [0.1, 0.15) is 11.5 Å². The summed E-state index contributed by atoms with van der Waals surface area (Å²) in [6, 6.07) is 22.2. The summed E-state index contributed by atoms with van der Waals surface area (Å²) in [5.41, 5.74) is 3.71. The third-order valence-electron chi connectivity index (χ3n) is 5.57. The van der Waals surface area contributed by atoms with Gasteiger partial charge in [-0.05, 0) is 42.5 Å². The minimum Gasteiger partial charge on any atom is -0.497 e. The summed E-state index contributed by atoms with van der Waals surface area (Å²) in [5, 5.41) is 18.9. The summed E-state index contributed by atoms with van der Waals surface area (Å²) in [6.07, 6.45) is 0.972. The van der Waals surface area contributed by atoms with Crippen LogP contribution in [0.25, 0.3) is 16.9 Å². The molecule has 0 fully saturated rings. The molecular formula is C27H26ClN3O4. The van der Waals surface area contributed by atoms with E-state index in [1.165, 1.54) is 7.11 Å². The summed E-state index contributed by atoms with van der Waals surface area (Å²) in [6.45, 7) is 0.0193. The van der Waals surface area contributed by atoms with Crippen molar-refractivity contribution in [3.05, 3.63) is 95.1 Å². The monoisotopic (exact) mass is 491 g/mol. The van der Waals surface area contributed by atoms with Crippen LogP contribution in [0.4, 0.5) is 0 Å². The lowest BCUT2D eigenvalue weighted by molar-refractivity contribution is -0.120. The number of amides is 1. The molecule has 1 amide bonds. The van der Waals surface area contributed by atoms with E-state index in [-0.39, 0.29) is 18.9 Å². The zero-order valence-corrected chi connectivity index (χ0v) is 20.2. The second-order valence-corrected chi connectivity index (χ2v) is 8.33. The summed E-state index contributed by atoms with van der Waals surface area (Å²) in [5.74, 6) is 0.863. The van der Waals surface area contributed by atoms with E-state index in [1.54, 1.807) is 42.1 Å². The average molecular weight is 492 g/mol. The highest BCUT2D eigenvalue weighted by Crippen LogP contribution is 2.29. The number of halogens is 1. The quantitative estimate of drug-likeness (QED) is 0.357. The molecule has 0 radical (unpaired) electrons. The standard InChI is InChI=1S/C27H26ClN3O4/c1-34-22-12-13-25(35-2)23(15-22)24(32)16-29-26(33)14-19-17-31(21-6-4-3-5-7-21)30-27(19)18-8-10-20(28)11-9-18/h3-13,15,17,24,32H,14,16H2,1-2H3,(H,29,33). The van der Waals surface area contributed by atoms with Gasteiger partial charge in [0, 0.05) is 34.5 Å². The van der Waals surface area contributed by atoms with E-state index >= 15 is 0 Å². The van der Waals surface area contributed by atoms with Crippen molar-refractivity contribution < 1.29 is 19.4 Å². The first-order valence-corrected chi connectivity index (χ1v) is 11.4. The lowest BCUT2D eigenvalue weighted by Crippen LogP contribution is -2.29. The number of benzene rings is 3. The fraction of sp³-hybridized carbons (Fsp3) is 0.185. The Morgan fingerprint density at radius 3 is 2.49 bits per heavy atom. The minimum atomic E-state index is -0.966. The molecule has 8 heteroatoms. The number of nitrogens with zero attached hydrogens (tertiary/aromatic N) is 2. The Hall–Kier alpha value is -3.81. The van der Waals surface area contributed by atoms with Crippen molar-refractivity contribution in [2.75, 3.05) is 20.8 Å². The van der Waals surface area contributed by atoms with E-state index < -0.39 is 6.10 Å². The lowest BCUT2D eigenvalue weighted by atomic mass is 10.1. The molecule has 0 aliphatic rings. The first-order chi connectivity index (χ1) is 17.0. The van der Waals surface area contributed by atoms with Gasteiger partial charge in [-0.2, -0.15) is 5.10 Å². The summed E-state index contributed by atoms with van der Waals surface area (Å²) in [4.78, 5) is 12.9. The molecule has 180 valence electrons. The Kier molecular flexibility index (Phi) is 7.70. The van der Waals surface area contributed by atoms with E-state index in [2.05, 4.69) is 5.32 Å². The molecule has 0 saturated heterocycles. The van der Waals surface area contributed by atoms with Crippen LogP contribution in [0.1, 0.15) is 17.2 Å². The molecule has 0 saturated carbocycles. The Balaban J connectivity index is 1.52. The highest BCUT2D eigenvalue weighted by atomic mass is 35.5. The van der Waals surface area contributed by atoms with Gasteiger partial charge in [-0.15, -0.1) is 0 Å². The number of methoxy groups -OCH3 is 2. The fourth-order valence-electron chi connectivity index (χ4n) is 3.76. The average Bonchev–Trinajstić information content (AvgIpc) is 3.31. The molecule has 0 bridgehead atoms. The van der Waals surface area contributed by atoms with Crippen molar-refractivity contribution in [3.63, 3.8) is 0 Å². The van der Waals surface area contributed by atoms with Crippen LogP contribution >= 0.6 is 11.6 Å². The molecular weight excluding hydrogens is 466 g/mol. The maximum absolute atomic E-state index is 12.9. The molecule has 4 rings (SSSR count). The van der Waals surface area contributed by atoms with Crippen LogP contribution in [-0.4, -0.2) is 41.6 Å². The second-order valence-electron chi connectivity index (χ2n) is 7.89. The Morgan fingerprint density at radius 1 is 1.06 bits per heavy atom. The summed E-state index contributed by atoms with van der Waals surface area (Å²) in [7, 11) is 3.08. The van der Waals surface area contributed by atoms with E-state index in [4.69, 9.17) is 26.2 Å². The molecule has 1 heterocycles. The number of hydrogen-bond acceptors (Lipinski definition) is 5. The Bertz CT molecular complexity index is 1290. The maximum atomic E-state index is 12.9. The number of aromatic nitrogens is 2. The molecule has 35 heavy (non-hydrogen) atoms. The molecule has 1 aromatic heterocycles. The predicted molar refractivity (Wildman–Crippen MR) is 135 cm³/mol. The SMILES string of the molecule is COc1ccc(OC)c(C(O)CNC(=O)Cc2cn(-c3ccccc3)nc2-c2ccc(Cl)cc2)c1. The number of carbonyl (C=O) groups excluding carboxylic acids is 1. The van der Waals surface area contributed by atoms with Gasteiger partial charge in [-0.3, -0.25) is 4.79 Å². The van der Waals surface area contributed by atoms with Gasteiger partial charge < -0.3 is 19.9 Å². The molecule has 0 aliphatic heterocycles. The normalized spacial score (nSPS) is 11.7. The zero-order chi connectivity index (χ0) is 24.8. The number of nitrogens with one attached hydrogen (secondary N) is 1. The van der Waals surface area contributed by atoms with Gasteiger partial charge in [0.15, 0.2) is 0 Å². The van der Waals surface area contributed by atoms with Crippen LogP contribution in [0.3, 0.4) is 0 Å². The minimum absolute atomic E-state index is 0.0193. The smallest absolute Gasteiger partial charge is 0.224 e. The molecule has 0 aliphatic carbocycles. The number of aliphatic hydroxyl groups is 1. The summed E-state index contributed by atoms with van der Waals surface area (Å²) >= 11 is 6.06. The molecule has 2 N–H and O–H groups in total. The molecule has 1 unspecified atom stereocenters. The third-order valence-corrected chi connectivity index (χ3v) is 5.82. The van der Waals surface area contributed by atoms with Gasteiger partial charge in [0.05, 0.1) is 38.1 Å². The van der Waals surface area contributed by atoms with Crippen LogP contribution in [0.2, 0.25) is 5.02 Å². The van der Waals surface area contributed by atoms with E-state index in [0.717, 1.165) is 16.8 Å². The van der Waals surface area contributed by atoms with Crippen LogP contribution in [0, 0.1) is 0 Å². The number of para-hydroxylation sites is 1. The third kappa shape index (κ3) is 5.82. The van der Waals surface area contributed by atoms with Crippen LogP contribution in [0.5, 0.6) is 11.5 Å². The maximum Gasteiger partial charge on any atom is 0.224 e. The van der Waals surface area contributed by atoms with Gasteiger partial charge >= 0.3 is 0 Å². The van der Waals surface area contributed by atoms with Crippen LogP contribution in [-0.2, 0) is 11.2 Å². The first-order valence-electron chi connectivity index (χ1n) is 11.0. The molecule has 7 nitrogen and oxygen atoms in total. The number of aliphatic hydroxyl groups excluding tert-OH is 1. The zero-order valence-electron chi connectivity index (χ0n) is 19.4. The number of rotatable bonds is 9. The number of hydrogen-bond donors (Lipinski definition) is 2. The first kappa shape index (κ1) is 24.3. The number of carbonyl (C=O) groups is 1. The van der Waals surface area contributed by atoms with Crippen molar-refractivity contribution in [3.8, 4) is 28.4 Å². The Labute approximate surface area is 208 Å². The van der Waals surface area contributed by atoms with Crippen molar-refractivity contribution in [2.24, 2.45) is 0 Å². The lowest BCUT2D eigenvalue weighted by Gasteiger charge is -2.16. The van der Waals surface area contributed by atoms with Crippen LogP contribution in [0.15, 0.2) is 79.0 Å². The highest BCUT2D eigenvalue weighted by Gasteiger charge is 2.18. The molecule has 3 aromatic carbocycles.